The second kappa shape index (κ2) is 13.3. The zero-order valence-electron chi connectivity index (χ0n) is 33.6. The van der Waals surface area contributed by atoms with Crippen molar-refractivity contribution in [1.82, 2.24) is 0 Å². The molecule has 2 aliphatic carbocycles. The van der Waals surface area contributed by atoms with E-state index in [9.17, 15) is 0 Å². The molecule has 1 nitrogen and oxygen atoms in total. The molecule has 0 radical (unpaired) electrons. The monoisotopic (exact) mass is 783 g/mol. The molecule has 10 aromatic rings. The predicted octanol–water partition coefficient (Wildman–Crippen LogP) is 15.9. The highest BCUT2D eigenvalue weighted by Crippen LogP contribution is 2.58. The summed E-state index contributed by atoms with van der Waals surface area (Å²) in [6, 6.07) is 79.1. The van der Waals surface area contributed by atoms with E-state index >= 15 is 0 Å². The van der Waals surface area contributed by atoms with E-state index in [1.165, 1.54) is 92.6 Å². The van der Waals surface area contributed by atoms with Gasteiger partial charge in [0, 0.05) is 47.9 Å². The van der Waals surface area contributed by atoms with E-state index in [0.29, 0.717) is 0 Å². The second-order valence-corrected chi connectivity index (χ2v) is 17.8. The van der Waals surface area contributed by atoms with Gasteiger partial charge in [-0.25, -0.2) is 0 Å². The van der Waals surface area contributed by atoms with Crippen molar-refractivity contribution in [3.8, 4) is 33.4 Å². The molecule has 284 valence electrons. The zero-order chi connectivity index (χ0) is 40.0. The molecule has 2 atom stereocenters. The Balaban J connectivity index is 1.07. The van der Waals surface area contributed by atoms with Gasteiger partial charge < -0.3 is 4.90 Å². The quantitative estimate of drug-likeness (QED) is 0.162. The molecule has 1 heterocycles. The van der Waals surface area contributed by atoms with Crippen LogP contribution < -0.4 is 4.90 Å². The predicted molar refractivity (Wildman–Crippen MR) is 254 cm³/mol. The Hall–Kier alpha value is -7.00. The van der Waals surface area contributed by atoms with E-state index in [0.717, 1.165) is 11.4 Å². The summed E-state index contributed by atoms with van der Waals surface area (Å²) in [6.45, 7) is 4.81. The van der Waals surface area contributed by atoms with E-state index in [4.69, 9.17) is 0 Å². The number of nitrogens with zero attached hydrogens (tertiary/aromatic N) is 1. The Bertz CT molecular complexity index is 3290. The largest absolute Gasteiger partial charge is 0.310 e. The molecule has 0 N–H and O–H groups in total. The molecular weight excluding hydrogens is 743 g/mol. The molecule has 9 aromatic carbocycles. The third kappa shape index (κ3) is 4.98. The number of hydrogen-bond acceptors (Lipinski definition) is 2. The van der Waals surface area contributed by atoms with Crippen molar-refractivity contribution < 1.29 is 0 Å². The number of thiophene rings is 1. The number of anilines is 3. The average Bonchev–Trinajstić information content (AvgIpc) is 3.91. The first-order valence-electron chi connectivity index (χ1n) is 20.9. The minimum Gasteiger partial charge on any atom is -0.310 e. The molecule has 2 aliphatic rings. The van der Waals surface area contributed by atoms with Crippen molar-refractivity contribution in [2.75, 3.05) is 4.90 Å². The molecule has 0 aliphatic heterocycles. The topological polar surface area (TPSA) is 3.24 Å². The van der Waals surface area contributed by atoms with Gasteiger partial charge in [-0.15, -0.1) is 11.3 Å². The van der Waals surface area contributed by atoms with Crippen LogP contribution in [0.5, 0.6) is 0 Å². The van der Waals surface area contributed by atoms with Crippen LogP contribution in [0.1, 0.15) is 47.2 Å². The number of fused-ring (bicyclic) bond motifs is 9. The van der Waals surface area contributed by atoms with Gasteiger partial charge >= 0.3 is 0 Å². The van der Waals surface area contributed by atoms with Gasteiger partial charge in [-0.05, 0) is 118 Å². The summed E-state index contributed by atoms with van der Waals surface area (Å²) in [7, 11) is 0. The lowest BCUT2D eigenvalue weighted by atomic mass is 9.74. The number of hydrogen-bond donors (Lipinski definition) is 0. The molecule has 1 aromatic heterocycles. The van der Waals surface area contributed by atoms with E-state index in [1.807, 2.05) is 11.3 Å². The van der Waals surface area contributed by atoms with Crippen molar-refractivity contribution in [1.29, 1.82) is 0 Å². The molecular formula is C58H41NS. The molecule has 0 fully saturated rings. The smallest absolute Gasteiger partial charge is 0.0543 e. The fraction of sp³-hybridized carbons (Fsp3) is 0.0690. The lowest BCUT2D eigenvalue weighted by molar-refractivity contribution is 0.713. The summed E-state index contributed by atoms with van der Waals surface area (Å²) < 4.78 is 2.65. The van der Waals surface area contributed by atoms with Crippen LogP contribution in [0.2, 0.25) is 0 Å². The molecule has 12 rings (SSSR count). The Labute approximate surface area is 355 Å². The van der Waals surface area contributed by atoms with Crippen LogP contribution in [0.15, 0.2) is 212 Å². The minimum absolute atomic E-state index is 0.310. The maximum Gasteiger partial charge on any atom is 0.0543 e. The molecule has 0 amide bonds. The Kier molecular flexibility index (Phi) is 7.73. The van der Waals surface area contributed by atoms with Gasteiger partial charge in [-0.2, -0.15) is 0 Å². The van der Waals surface area contributed by atoms with Crippen LogP contribution >= 0.6 is 11.3 Å². The first kappa shape index (κ1) is 35.0. The van der Waals surface area contributed by atoms with Gasteiger partial charge in [0.25, 0.3) is 0 Å². The van der Waals surface area contributed by atoms with Crippen LogP contribution in [0.25, 0.3) is 53.6 Å². The van der Waals surface area contributed by atoms with Gasteiger partial charge in [0.1, 0.15) is 0 Å². The van der Waals surface area contributed by atoms with Crippen LogP contribution in [0.4, 0.5) is 17.1 Å². The lowest BCUT2D eigenvalue weighted by Crippen LogP contribution is -2.23. The maximum atomic E-state index is 2.51. The first-order valence-corrected chi connectivity index (χ1v) is 21.7. The highest BCUT2D eigenvalue weighted by molar-refractivity contribution is 7.25. The highest BCUT2D eigenvalue weighted by atomic mass is 32.1. The summed E-state index contributed by atoms with van der Waals surface area (Å²) in [6.07, 6.45) is 0. The van der Waals surface area contributed by atoms with Gasteiger partial charge in [-0.1, -0.05) is 170 Å². The first-order chi connectivity index (χ1) is 29.5. The van der Waals surface area contributed by atoms with Crippen LogP contribution in [-0.2, 0) is 10.8 Å². The van der Waals surface area contributed by atoms with E-state index in [-0.39, 0.29) is 10.8 Å². The minimum atomic E-state index is -0.318. The van der Waals surface area contributed by atoms with Gasteiger partial charge in [0.2, 0.25) is 0 Å². The van der Waals surface area contributed by atoms with Gasteiger partial charge in [0.05, 0.1) is 5.69 Å². The van der Waals surface area contributed by atoms with Crippen LogP contribution in [-0.4, -0.2) is 0 Å². The number of rotatable bonds is 6. The number of benzene rings is 9. The van der Waals surface area contributed by atoms with E-state index < -0.39 is 0 Å². The summed E-state index contributed by atoms with van der Waals surface area (Å²) in [4.78, 5) is 2.51. The summed E-state index contributed by atoms with van der Waals surface area (Å²) in [5.74, 6) is 0. The van der Waals surface area contributed by atoms with Crippen LogP contribution in [0, 0.1) is 0 Å². The molecule has 0 bridgehead atoms. The lowest BCUT2D eigenvalue weighted by Gasteiger charge is -2.32. The Morgan fingerprint density at radius 2 is 0.917 bits per heavy atom. The summed E-state index contributed by atoms with van der Waals surface area (Å²) in [5.41, 5.74) is 18.4. The second-order valence-electron chi connectivity index (χ2n) is 16.7. The molecule has 2 heteroatoms. The van der Waals surface area contributed by atoms with E-state index in [1.54, 1.807) is 0 Å². The molecule has 0 spiro atoms. The standard InChI is InChI=1S/C58H41NS/c1-57(40-16-5-3-6-17-40)50-24-13-10-22-48(50)56-51(57)25-15-26-53(56)59(42-31-28-38(29-32-42)39-30-34-47-46-21-11-14-27-54(46)60-55(47)36-39)43-33-35-45-44-20-9-12-23-49(44)58(2,52(45)37-43)41-18-7-4-8-19-41/h3-37H,1-2H3. The van der Waals surface area contributed by atoms with Crippen molar-refractivity contribution in [2.24, 2.45) is 0 Å². The van der Waals surface area contributed by atoms with E-state index in [2.05, 4.69) is 231 Å². The fourth-order valence-corrected chi connectivity index (χ4v) is 11.8. The maximum absolute atomic E-state index is 2.51. The van der Waals surface area contributed by atoms with Crippen molar-refractivity contribution in [2.45, 2.75) is 24.7 Å². The molecule has 2 unspecified atom stereocenters. The van der Waals surface area contributed by atoms with Crippen molar-refractivity contribution in [3.05, 3.63) is 246 Å². The molecule has 60 heavy (non-hydrogen) atoms. The highest BCUT2D eigenvalue weighted by Gasteiger charge is 2.44. The SMILES string of the molecule is CC1(c2ccccc2)c2ccccc2-c2ccc(N(c3ccc(-c4ccc5c(c4)sc4ccccc45)cc3)c3cccc4c3-c3ccccc3C4(C)c3ccccc3)cc21. The Morgan fingerprint density at radius 3 is 1.67 bits per heavy atom. The van der Waals surface area contributed by atoms with Gasteiger partial charge in [0.15, 0.2) is 0 Å². The third-order valence-corrected chi connectivity index (χ3v) is 14.8. The molecule has 0 saturated carbocycles. The van der Waals surface area contributed by atoms with Crippen molar-refractivity contribution >= 4 is 48.6 Å². The van der Waals surface area contributed by atoms with Gasteiger partial charge in [-0.3, -0.25) is 0 Å². The fourth-order valence-electron chi connectivity index (χ4n) is 10.6. The summed E-state index contributed by atoms with van der Waals surface area (Å²) >= 11 is 1.87. The van der Waals surface area contributed by atoms with Crippen molar-refractivity contribution in [3.63, 3.8) is 0 Å². The third-order valence-electron chi connectivity index (χ3n) is 13.7. The summed E-state index contributed by atoms with van der Waals surface area (Å²) in [5, 5.41) is 2.65. The average molecular weight is 784 g/mol. The zero-order valence-corrected chi connectivity index (χ0v) is 34.4. The normalized spacial score (nSPS) is 17.3. The van der Waals surface area contributed by atoms with Crippen LogP contribution in [0.3, 0.4) is 0 Å². The molecule has 0 saturated heterocycles. The Morgan fingerprint density at radius 1 is 0.367 bits per heavy atom.